The van der Waals surface area contributed by atoms with Crippen LogP contribution in [0.5, 0.6) is 0 Å². The van der Waals surface area contributed by atoms with Gasteiger partial charge in [-0.2, -0.15) is 0 Å². The Balaban J connectivity index is 0.00000121. The predicted molar refractivity (Wildman–Crippen MR) is 94.8 cm³/mol. The van der Waals surface area contributed by atoms with Crippen LogP contribution in [-0.2, 0) is 11.2 Å². The number of benzene rings is 1. The van der Waals surface area contributed by atoms with Crippen LogP contribution in [-0.4, -0.2) is 36.0 Å². The molecule has 4 nitrogen and oxygen atoms in total. The molecule has 1 aromatic rings. The molecule has 124 valence electrons. The molecule has 1 aromatic carbocycles. The minimum atomic E-state index is 0. The van der Waals surface area contributed by atoms with Gasteiger partial charge in [-0.05, 0) is 43.5 Å². The summed E-state index contributed by atoms with van der Waals surface area (Å²) in [4.78, 5) is 14.7. The number of nitrogens with one attached hydrogen (secondary N) is 1. The lowest BCUT2D eigenvalue weighted by atomic mass is 9.99. The average molecular weight is 346 g/mol. The number of nitrogens with zero attached hydrogens (tertiary/aromatic N) is 1. The zero-order valence-electron chi connectivity index (χ0n) is 12.7. The van der Waals surface area contributed by atoms with Crippen molar-refractivity contribution in [3.8, 4) is 0 Å². The molecule has 0 aromatic heterocycles. The molecule has 2 heterocycles. The van der Waals surface area contributed by atoms with Gasteiger partial charge in [0.2, 0.25) is 5.91 Å². The number of piperidine rings is 1. The smallest absolute Gasteiger partial charge is 0.224 e. The Morgan fingerprint density at radius 1 is 1.14 bits per heavy atom. The van der Waals surface area contributed by atoms with E-state index in [-0.39, 0.29) is 30.7 Å². The third-order valence-electron chi connectivity index (χ3n) is 4.55. The number of fused-ring (bicyclic) bond motifs is 1. The maximum Gasteiger partial charge on any atom is 0.224 e. The SMILES string of the molecule is Cl.Cl.Nc1ccc(CC(=O)NC2CCN3CCCCC23)cc1. The van der Waals surface area contributed by atoms with Gasteiger partial charge in [-0.15, -0.1) is 24.8 Å². The summed E-state index contributed by atoms with van der Waals surface area (Å²) in [5.41, 5.74) is 7.42. The lowest BCUT2D eigenvalue weighted by Gasteiger charge is -2.32. The number of hydrogen-bond donors (Lipinski definition) is 2. The largest absolute Gasteiger partial charge is 0.399 e. The third kappa shape index (κ3) is 4.51. The van der Waals surface area contributed by atoms with Crippen molar-refractivity contribution in [1.82, 2.24) is 10.2 Å². The molecule has 2 aliphatic heterocycles. The average Bonchev–Trinajstić information content (AvgIpc) is 2.85. The van der Waals surface area contributed by atoms with Gasteiger partial charge in [-0.3, -0.25) is 9.69 Å². The number of nitrogens with two attached hydrogens (primary N) is 1. The van der Waals surface area contributed by atoms with E-state index in [1.807, 2.05) is 24.3 Å². The van der Waals surface area contributed by atoms with Gasteiger partial charge < -0.3 is 11.1 Å². The Morgan fingerprint density at radius 3 is 2.59 bits per heavy atom. The minimum absolute atomic E-state index is 0. The summed E-state index contributed by atoms with van der Waals surface area (Å²) in [5, 5.41) is 3.23. The molecular formula is C16H25Cl2N3O. The molecule has 3 N–H and O–H groups in total. The first-order chi connectivity index (χ1) is 9.72. The van der Waals surface area contributed by atoms with Crippen LogP contribution in [0.1, 0.15) is 31.2 Å². The number of nitrogen functional groups attached to an aromatic ring is 1. The summed E-state index contributed by atoms with van der Waals surface area (Å²) in [7, 11) is 0. The normalized spacial score (nSPS) is 23.8. The number of halogens is 2. The molecule has 2 aliphatic rings. The quantitative estimate of drug-likeness (QED) is 0.827. The monoisotopic (exact) mass is 345 g/mol. The van der Waals surface area contributed by atoms with E-state index < -0.39 is 0 Å². The molecule has 0 radical (unpaired) electrons. The molecule has 2 saturated heterocycles. The van der Waals surface area contributed by atoms with E-state index in [1.54, 1.807) is 0 Å². The number of carbonyl (C=O) groups is 1. The summed E-state index contributed by atoms with van der Waals surface area (Å²) in [6.07, 6.45) is 5.38. The second kappa shape index (κ2) is 8.61. The first-order valence-electron chi connectivity index (χ1n) is 7.60. The highest BCUT2D eigenvalue weighted by Crippen LogP contribution is 2.27. The number of rotatable bonds is 3. The van der Waals surface area contributed by atoms with Gasteiger partial charge in [0.15, 0.2) is 0 Å². The van der Waals surface area contributed by atoms with E-state index in [0.29, 0.717) is 18.5 Å². The molecule has 0 saturated carbocycles. The lowest BCUT2D eigenvalue weighted by molar-refractivity contribution is -0.121. The van der Waals surface area contributed by atoms with Crippen LogP contribution in [0.2, 0.25) is 0 Å². The second-order valence-electron chi connectivity index (χ2n) is 5.98. The van der Waals surface area contributed by atoms with Crippen molar-refractivity contribution in [2.75, 3.05) is 18.8 Å². The Labute approximate surface area is 144 Å². The van der Waals surface area contributed by atoms with Gasteiger partial charge in [-0.25, -0.2) is 0 Å². The first-order valence-corrected chi connectivity index (χ1v) is 7.60. The summed E-state index contributed by atoms with van der Waals surface area (Å²) in [6.45, 7) is 2.34. The van der Waals surface area contributed by atoms with Crippen molar-refractivity contribution in [3.63, 3.8) is 0 Å². The van der Waals surface area contributed by atoms with E-state index >= 15 is 0 Å². The maximum absolute atomic E-state index is 12.2. The van der Waals surface area contributed by atoms with Crippen LogP contribution >= 0.6 is 24.8 Å². The Hall–Kier alpha value is -0.970. The topological polar surface area (TPSA) is 58.4 Å². The lowest BCUT2D eigenvalue weighted by Crippen LogP contribution is -2.47. The van der Waals surface area contributed by atoms with Gasteiger partial charge >= 0.3 is 0 Å². The van der Waals surface area contributed by atoms with Crippen molar-refractivity contribution in [3.05, 3.63) is 29.8 Å². The van der Waals surface area contributed by atoms with E-state index in [2.05, 4.69) is 10.2 Å². The Morgan fingerprint density at radius 2 is 1.86 bits per heavy atom. The molecule has 0 aliphatic carbocycles. The zero-order valence-corrected chi connectivity index (χ0v) is 14.3. The van der Waals surface area contributed by atoms with E-state index in [4.69, 9.17) is 5.73 Å². The number of hydrogen-bond acceptors (Lipinski definition) is 3. The van der Waals surface area contributed by atoms with E-state index in [9.17, 15) is 4.79 Å². The van der Waals surface area contributed by atoms with Gasteiger partial charge in [0.05, 0.1) is 6.42 Å². The van der Waals surface area contributed by atoms with Gasteiger partial charge in [0.25, 0.3) is 0 Å². The second-order valence-corrected chi connectivity index (χ2v) is 5.98. The van der Waals surface area contributed by atoms with Crippen LogP contribution in [0.3, 0.4) is 0 Å². The van der Waals surface area contributed by atoms with Crippen molar-refractivity contribution < 1.29 is 4.79 Å². The first kappa shape index (κ1) is 19.1. The highest BCUT2D eigenvalue weighted by molar-refractivity contribution is 5.85. The molecule has 2 unspecified atom stereocenters. The van der Waals surface area contributed by atoms with Crippen LogP contribution in [0.25, 0.3) is 0 Å². The van der Waals surface area contributed by atoms with Crippen LogP contribution < -0.4 is 11.1 Å². The molecule has 1 amide bonds. The molecule has 0 spiro atoms. The summed E-state index contributed by atoms with van der Waals surface area (Å²) in [6, 6.07) is 8.46. The zero-order chi connectivity index (χ0) is 13.9. The summed E-state index contributed by atoms with van der Waals surface area (Å²) < 4.78 is 0. The summed E-state index contributed by atoms with van der Waals surface area (Å²) in [5.74, 6) is 0.132. The van der Waals surface area contributed by atoms with Crippen molar-refractivity contribution in [1.29, 1.82) is 0 Å². The maximum atomic E-state index is 12.2. The molecule has 0 bridgehead atoms. The number of carbonyl (C=O) groups excluding carboxylic acids is 1. The Bertz CT molecular complexity index is 481. The van der Waals surface area contributed by atoms with E-state index in [1.165, 1.54) is 25.8 Å². The van der Waals surface area contributed by atoms with Crippen molar-refractivity contribution in [2.45, 2.75) is 44.2 Å². The Kier molecular flexibility index (Phi) is 7.46. The fraction of sp³-hybridized carbons (Fsp3) is 0.562. The molecular weight excluding hydrogens is 321 g/mol. The van der Waals surface area contributed by atoms with Gasteiger partial charge in [0.1, 0.15) is 0 Å². The molecule has 22 heavy (non-hydrogen) atoms. The van der Waals surface area contributed by atoms with Crippen molar-refractivity contribution >= 4 is 36.4 Å². The predicted octanol–water partition coefficient (Wildman–Crippen LogP) is 2.40. The highest BCUT2D eigenvalue weighted by Gasteiger charge is 2.35. The molecule has 2 atom stereocenters. The number of anilines is 1. The third-order valence-corrected chi connectivity index (χ3v) is 4.55. The van der Waals surface area contributed by atoms with Crippen molar-refractivity contribution in [2.24, 2.45) is 0 Å². The van der Waals surface area contributed by atoms with Gasteiger partial charge in [-0.1, -0.05) is 18.6 Å². The highest BCUT2D eigenvalue weighted by atomic mass is 35.5. The molecule has 6 heteroatoms. The standard InChI is InChI=1S/C16H23N3O.2ClH/c17-13-6-4-12(5-7-13)11-16(20)18-14-8-10-19-9-2-1-3-15(14)19;;/h4-7,14-15H,1-3,8-11,17H2,(H,18,20);2*1H. The molecule has 2 fully saturated rings. The van der Waals surface area contributed by atoms with Crippen LogP contribution in [0.4, 0.5) is 5.69 Å². The fourth-order valence-electron chi connectivity index (χ4n) is 3.49. The number of amides is 1. The fourth-order valence-corrected chi connectivity index (χ4v) is 3.49. The van der Waals surface area contributed by atoms with Gasteiger partial charge in [0, 0.05) is 24.3 Å². The van der Waals surface area contributed by atoms with Crippen LogP contribution in [0, 0.1) is 0 Å². The summed E-state index contributed by atoms with van der Waals surface area (Å²) >= 11 is 0. The van der Waals surface area contributed by atoms with Crippen LogP contribution in [0.15, 0.2) is 24.3 Å². The minimum Gasteiger partial charge on any atom is -0.399 e. The molecule has 3 rings (SSSR count). The van der Waals surface area contributed by atoms with E-state index in [0.717, 1.165) is 24.2 Å².